The first kappa shape index (κ1) is 13.9. The lowest BCUT2D eigenvalue weighted by molar-refractivity contribution is 0.523. The smallest absolute Gasteiger partial charge is 0.200 e. The van der Waals surface area contributed by atoms with Crippen LogP contribution in [0, 0.1) is 6.92 Å². The quantitative estimate of drug-likeness (QED) is 0.780. The number of fused-ring (bicyclic) bond motifs is 1. The molecule has 0 atom stereocenters. The summed E-state index contributed by atoms with van der Waals surface area (Å²) in [6.45, 7) is 3.90. The second-order valence-corrected chi connectivity index (χ2v) is 5.77. The molecule has 1 saturated heterocycles. The minimum absolute atomic E-state index is 0.408. The molecule has 1 fully saturated rings. The van der Waals surface area contributed by atoms with Crippen LogP contribution in [0.5, 0.6) is 0 Å². The van der Waals surface area contributed by atoms with Crippen molar-refractivity contribution >= 4 is 17.2 Å². The van der Waals surface area contributed by atoms with E-state index in [4.69, 9.17) is 0 Å². The van der Waals surface area contributed by atoms with Gasteiger partial charge in [-0.1, -0.05) is 0 Å². The number of nitrogens with zero attached hydrogens (tertiary/aromatic N) is 7. The average Bonchev–Trinajstić information content (AvgIpc) is 3.05. The molecule has 4 heterocycles. The standard InChI is InChI=1S/C15H18N8/c1-11-8-13(15-20-18-10-23(15)21-11)19-12-2-6-22(7-3-12)14-9-16-4-5-17-14/h4-5,8-10,12,19H,2-3,6-7H2,1H3. The summed E-state index contributed by atoms with van der Waals surface area (Å²) in [6, 6.07) is 2.43. The molecule has 0 amide bonds. The molecule has 8 heteroatoms. The molecule has 1 aliphatic rings. The molecule has 4 rings (SSSR count). The highest BCUT2D eigenvalue weighted by Crippen LogP contribution is 2.22. The third-order valence-electron chi connectivity index (χ3n) is 4.12. The van der Waals surface area contributed by atoms with Crippen LogP contribution in [0.4, 0.5) is 11.5 Å². The van der Waals surface area contributed by atoms with E-state index in [0.717, 1.165) is 48.8 Å². The van der Waals surface area contributed by atoms with Gasteiger partial charge in [-0.15, -0.1) is 10.2 Å². The van der Waals surface area contributed by atoms with E-state index in [9.17, 15) is 0 Å². The van der Waals surface area contributed by atoms with Crippen molar-refractivity contribution in [3.05, 3.63) is 36.7 Å². The van der Waals surface area contributed by atoms with Crippen LogP contribution >= 0.6 is 0 Å². The van der Waals surface area contributed by atoms with Crippen molar-refractivity contribution in [1.82, 2.24) is 29.8 Å². The molecule has 3 aromatic heterocycles. The molecule has 8 nitrogen and oxygen atoms in total. The van der Waals surface area contributed by atoms with Gasteiger partial charge < -0.3 is 10.2 Å². The molecule has 0 unspecified atom stereocenters. The van der Waals surface area contributed by atoms with Crippen LogP contribution in [-0.2, 0) is 0 Å². The molecule has 0 radical (unpaired) electrons. The van der Waals surface area contributed by atoms with E-state index in [2.05, 4.69) is 35.5 Å². The van der Waals surface area contributed by atoms with Gasteiger partial charge in [-0.2, -0.15) is 9.61 Å². The SMILES string of the molecule is Cc1cc(NC2CCN(c3cnccn3)CC2)c2nncn2n1. The first-order valence-corrected chi connectivity index (χ1v) is 7.75. The highest BCUT2D eigenvalue weighted by atomic mass is 15.3. The van der Waals surface area contributed by atoms with Crippen molar-refractivity contribution in [3.63, 3.8) is 0 Å². The number of aryl methyl sites for hydroxylation is 1. The number of anilines is 2. The molecule has 23 heavy (non-hydrogen) atoms. The first-order chi connectivity index (χ1) is 11.3. The predicted octanol–water partition coefficient (Wildman–Crippen LogP) is 1.30. The second kappa shape index (κ2) is 5.79. The Morgan fingerprint density at radius 3 is 2.87 bits per heavy atom. The number of hydrogen-bond donors (Lipinski definition) is 1. The normalized spacial score (nSPS) is 16.0. The maximum absolute atomic E-state index is 4.37. The Bertz CT molecular complexity index is 792. The van der Waals surface area contributed by atoms with Gasteiger partial charge in [0, 0.05) is 31.5 Å². The molecule has 0 aromatic carbocycles. The van der Waals surface area contributed by atoms with Crippen molar-refractivity contribution < 1.29 is 0 Å². The minimum Gasteiger partial charge on any atom is -0.379 e. The van der Waals surface area contributed by atoms with Crippen molar-refractivity contribution in [1.29, 1.82) is 0 Å². The van der Waals surface area contributed by atoms with Gasteiger partial charge in [-0.3, -0.25) is 4.98 Å². The van der Waals surface area contributed by atoms with Crippen LogP contribution in [0.1, 0.15) is 18.5 Å². The third kappa shape index (κ3) is 2.79. The molecule has 0 spiro atoms. The van der Waals surface area contributed by atoms with E-state index in [1.54, 1.807) is 23.2 Å². The molecule has 0 aliphatic carbocycles. The van der Waals surface area contributed by atoms with E-state index in [1.165, 1.54) is 0 Å². The van der Waals surface area contributed by atoms with Gasteiger partial charge in [0.2, 0.25) is 5.65 Å². The topological polar surface area (TPSA) is 84.1 Å². The van der Waals surface area contributed by atoms with Crippen LogP contribution in [0.3, 0.4) is 0 Å². The first-order valence-electron chi connectivity index (χ1n) is 7.75. The monoisotopic (exact) mass is 310 g/mol. The van der Waals surface area contributed by atoms with Crippen molar-refractivity contribution in [2.75, 3.05) is 23.3 Å². The van der Waals surface area contributed by atoms with Crippen LogP contribution < -0.4 is 10.2 Å². The third-order valence-corrected chi connectivity index (χ3v) is 4.12. The summed E-state index contributed by atoms with van der Waals surface area (Å²) >= 11 is 0. The van der Waals surface area contributed by atoms with Gasteiger partial charge in [0.05, 0.1) is 17.6 Å². The predicted molar refractivity (Wildman–Crippen MR) is 86.4 cm³/mol. The van der Waals surface area contributed by atoms with Crippen molar-refractivity contribution in [2.45, 2.75) is 25.8 Å². The van der Waals surface area contributed by atoms with Gasteiger partial charge >= 0.3 is 0 Å². The summed E-state index contributed by atoms with van der Waals surface area (Å²) < 4.78 is 1.71. The Balaban J connectivity index is 1.46. The Morgan fingerprint density at radius 1 is 1.22 bits per heavy atom. The highest BCUT2D eigenvalue weighted by Gasteiger charge is 2.21. The average molecular weight is 310 g/mol. The number of aromatic nitrogens is 6. The summed E-state index contributed by atoms with van der Waals surface area (Å²) in [5, 5.41) is 16.0. The Hall–Kier alpha value is -2.77. The summed E-state index contributed by atoms with van der Waals surface area (Å²) in [5.41, 5.74) is 2.71. The Morgan fingerprint density at radius 2 is 2.09 bits per heavy atom. The Labute approximate surface area is 133 Å². The molecule has 1 aliphatic heterocycles. The maximum atomic E-state index is 4.37. The zero-order valence-corrected chi connectivity index (χ0v) is 12.9. The molecule has 0 bridgehead atoms. The fraction of sp³-hybridized carbons (Fsp3) is 0.400. The van der Waals surface area contributed by atoms with E-state index in [1.807, 2.05) is 19.2 Å². The largest absolute Gasteiger partial charge is 0.379 e. The summed E-state index contributed by atoms with van der Waals surface area (Å²) in [5.74, 6) is 0.950. The number of rotatable bonds is 3. The Kier molecular flexibility index (Phi) is 3.49. The van der Waals surface area contributed by atoms with E-state index < -0.39 is 0 Å². The molecule has 1 N–H and O–H groups in total. The van der Waals surface area contributed by atoms with E-state index in [-0.39, 0.29) is 0 Å². The van der Waals surface area contributed by atoms with Crippen LogP contribution in [0.25, 0.3) is 5.65 Å². The molecule has 118 valence electrons. The highest BCUT2D eigenvalue weighted by molar-refractivity contribution is 5.67. The summed E-state index contributed by atoms with van der Waals surface area (Å²) in [4.78, 5) is 10.8. The fourth-order valence-corrected chi connectivity index (χ4v) is 2.99. The molecule has 3 aromatic rings. The summed E-state index contributed by atoms with van der Waals surface area (Å²) in [7, 11) is 0. The zero-order valence-electron chi connectivity index (χ0n) is 12.9. The lowest BCUT2D eigenvalue weighted by atomic mass is 10.0. The van der Waals surface area contributed by atoms with Gasteiger partial charge in [-0.25, -0.2) is 4.98 Å². The van der Waals surface area contributed by atoms with Crippen LogP contribution in [0.15, 0.2) is 31.0 Å². The van der Waals surface area contributed by atoms with Gasteiger partial charge in [0.15, 0.2) is 0 Å². The number of nitrogens with one attached hydrogen (secondary N) is 1. The fourth-order valence-electron chi connectivity index (χ4n) is 2.99. The molecular formula is C15H18N8. The van der Waals surface area contributed by atoms with Crippen molar-refractivity contribution in [2.24, 2.45) is 0 Å². The van der Waals surface area contributed by atoms with Crippen molar-refractivity contribution in [3.8, 4) is 0 Å². The minimum atomic E-state index is 0.408. The number of hydrogen-bond acceptors (Lipinski definition) is 7. The maximum Gasteiger partial charge on any atom is 0.200 e. The number of piperidine rings is 1. The van der Waals surface area contributed by atoms with Crippen LogP contribution in [0.2, 0.25) is 0 Å². The van der Waals surface area contributed by atoms with E-state index in [0.29, 0.717) is 6.04 Å². The zero-order chi connectivity index (χ0) is 15.6. The van der Waals surface area contributed by atoms with E-state index >= 15 is 0 Å². The second-order valence-electron chi connectivity index (χ2n) is 5.77. The van der Waals surface area contributed by atoms with Gasteiger partial charge in [0.1, 0.15) is 12.1 Å². The van der Waals surface area contributed by atoms with Crippen LogP contribution in [-0.4, -0.2) is 48.9 Å². The molecule has 0 saturated carbocycles. The summed E-state index contributed by atoms with van der Waals surface area (Å²) in [6.07, 6.45) is 8.97. The lowest BCUT2D eigenvalue weighted by Gasteiger charge is -2.33. The molecular weight excluding hydrogens is 292 g/mol. The van der Waals surface area contributed by atoms with Gasteiger partial charge in [-0.05, 0) is 25.8 Å². The van der Waals surface area contributed by atoms with Gasteiger partial charge in [0.25, 0.3) is 0 Å². The lowest BCUT2D eigenvalue weighted by Crippen LogP contribution is -2.39.